The number of hydrogen-bond acceptors (Lipinski definition) is 2. The van der Waals surface area contributed by atoms with Gasteiger partial charge in [-0.15, -0.1) is 0 Å². The quantitative estimate of drug-likeness (QED) is 0.815. The van der Waals surface area contributed by atoms with Gasteiger partial charge in [0.1, 0.15) is 0 Å². The summed E-state index contributed by atoms with van der Waals surface area (Å²) in [6.07, 6.45) is 0.626. The van der Waals surface area contributed by atoms with Crippen molar-refractivity contribution in [2.75, 3.05) is 6.54 Å². The van der Waals surface area contributed by atoms with E-state index in [0.717, 1.165) is 0 Å². The predicted octanol–water partition coefficient (Wildman–Crippen LogP) is 2.78. The molecular formula is C15H23NO2. The highest BCUT2D eigenvalue weighted by atomic mass is 16.4. The highest BCUT2D eigenvalue weighted by Gasteiger charge is 2.23. The van der Waals surface area contributed by atoms with Crippen LogP contribution in [-0.4, -0.2) is 17.6 Å². The molecule has 0 aromatic heterocycles. The molecule has 0 aliphatic rings. The Morgan fingerprint density at radius 1 is 1.33 bits per heavy atom. The number of aryl methyl sites for hydroxylation is 1. The lowest BCUT2D eigenvalue weighted by atomic mass is 9.81. The molecule has 3 heteroatoms. The zero-order valence-electron chi connectivity index (χ0n) is 11.4. The van der Waals surface area contributed by atoms with E-state index in [2.05, 4.69) is 32.9 Å². The zero-order valence-corrected chi connectivity index (χ0v) is 11.4. The maximum Gasteiger partial charge on any atom is 0.307 e. The number of carboxylic acids is 1. The molecule has 0 amide bonds. The summed E-state index contributed by atoms with van der Waals surface area (Å²) in [6.45, 7) is 6.56. The Bertz CT molecular complexity index is 403. The van der Waals surface area contributed by atoms with Crippen LogP contribution < -0.4 is 5.73 Å². The molecule has 0 heterocycles. The van der Waals surface area contributed by atoms with Gasteiger partial charge in [-0.3, -0.25) is 4.79 Å². The molecule has 0 spiro atoms. The Kier molecular flexibility index (Phi) is 5.35. The molecule has 3 unspecified atom stereocenters. The first kappa shape index (κ1) is 14.7. The Balaban J connectivity index is 2.75. The monoisotopic (exact) mass is 249 g/mol. The number of benzene rings is 1. The van der Waals surface area contributed by atoms with Gasteiger partial charge >= 0.3 is 5.97 Å². The largest absolute Gasteiger partial charge is 0.481 e. The third-order valence-electron chi connectivity index (χ3n) is 3.82. The van der Waals surface area contributed by atoms with Crippen LogP contribution in [0.3, 0.4) is 0 Å². The smallest absolute Gasteiger partial charge is 0.307 e. The van der Waals surface area contributed by atoms with Crippen molar-refractivity contribution in [2.45, 2.75) is 33.1 Å². The van der Waals surface area contributed by atoms with Crippen molar-refractivity contribution in [3.05, 3.63) is 35.4 Å². The molecule has 0 aliphatic heterocycles. The minimum Gasteiger partial charge on any atom is -0.481 e. The van der Waals surface area contributed by atoms with Gasteiger partial charge in [0.05, 0.1) is 5.92 Å². The molecule has 0 radical (unpaired) electrons. The van der Waals surface area contributed by atoms with Gasteiger partial charge in [0, 0.05) is 6.54 Å². The Morgan fingerprint density at radius 2 is 1.94 bits per heavy atom. The molecule has 0 saturated carbocycles. The Hall–Kier alpha value is -1.35. The third-order valence-corrected chi connectivity index (χ3v) is 3.82. The van der Waals surface area contributed by atoms with Crippen LogP contribution in [0.15, 0.2) is 24.3 Å². The molecule has 100 valence electrons. The van der Waals surface area contributed by atoms with Gasteiger partial charge in [0.25, 0.3) is 0 Å². The van der Waals surface area contributed by atoms with Crippen LogP contribution in [0.1, 0.15) is 37.3 Å². The molecule has 0 saturated heterocycles. The number of carboxylic acid groups (broad SMARTS) is 1. The maximum absolute atomic E-state index is 11.0. The molecule has 1 aromatic rings. The van der Waals surface area contributed by atoms with E-state index in [0.29, 0.717) is 18.3 Å². The fraction of sp³-hybridized carbons (Fsp3) is 0.533. The van der Waals surface area contributed by atoms with Crippen molar-refractivity contribution in [3.8, 4) is 0 Å². The highest BCUT2D eigenvalue weighted by molar-refractivity contribution is 5.70. The standard InChI is InChI=1S/C15H23NO2/c1-10-6-4-5-7-14(10)12(3)11(2)8-13(9-16)15(17)18/h4-7,11-13H,8-9,16H2,1-3H3,(H,17,18). The van der Waals surface area contributed by atoms with Gasteiger partial charge in [-0.25, -0.2) is 0 Å². The molecule has 18 heavy (non-hydrogen) atoms. The molecule has 3 nitrogen and oxygen atoms in total. The van der Waals surface area contributed by atoms with Crippen molar-refractivity contribution >= 4 is 5.97 Å². The predicted molar refractivity (Wildman–Crippen MR) is 73.6 cm³/mol. The van der Waals surface area contributed by atoms with Crippen molar-refractivity contribution in [1.29, 1.82) is 0 Å². The van der Waals surface area contributed by atoms with Gasteiger partial charge < -0.3 is 10.8 Å². The summed E-state index contributed by atoms with van der Waals surface area (Å²) in [7, 11) is 0. The normalized spacial score (nSPS) is 16.0. The van der Waals surface area contributed by atoms with E-state index in [1.54, 1.807) is 0 Å². The lowest BCUT2D eigenvalue weighted by Crippen LogP contribution is -2.26. The first-order valence-electron chi connectivity index (χ1n) is 6.45. The summed E-state index contributed by atoms with van der Waals surface area (Å²) >= 11 is 0. The van der Waals surface area contributed by atoms with Crippen LogP contribution in [0.25, 0.3) is 0 Å². The number of rotatable bonds is 6. The van der Waals surface area contributed by atoms with E-state index in [1.165, 1.54) is 11.1 Å². The minimum absolute atomic E-state index is 0.208. The van der Waals surface area contributed by atoms with E-state index in [-0.39, 0.29) is 6.54 Å². The minimum atomic E-state index is -0.790. The Labute approximate surface area is 109 Å². The molecular weight excluding hydrogens is 226 g/mol. The maximum atomic E-state index is 11.0. The van der Waals surface area contributed by atoms with E-state index < -0.39 is 11.9 Å². The van der Waals surface area contributed by atoms with Crippen molar-refractivity contribution < 1.29 is 9.90 Å². The van der Waals surface area contributed by atoms with E-state index >= 15 is 0 Å². The van der Waals surface area contributed by atoms with Crippen molar-refractivity contribution in [3.63, 3.8) is 0 Å². The Morgan fingerprint density at radius 3 is 2.44 bits per heavy atom. The second-order valence-corrected chi connectivity index (χ2v) is 5.13. The van der Waals surface area contributed by atoms with E-state index in [9.17, 15) is 4.79 Å². The fourth-order valence-electron chi connectivity index (χ4n) is 2.35. The summed E-state index contributed by atoms with van der Waals surface area (Å²) in [5.41, 5.74) is 8.07. The highest BCUT2D eigenvalue weighted by Crippen LogP contribution is 2.30. The first-order chi connectivity index (χ1) is 8.47. The van der Waals surface area contributed by atoms with Crippen LogP contribution >= 0.6 is 0 Å². The van der Waals surface area contributed by atoms with Gasteiger partial charge in [-0.2, -0.15) is 0 Å². The van der Waals surface area contributed by atoms with Crippen LogP contribution in [-0.2, 0) is 4.79 Å². The molecule has 1 rings (SSSR count). The van der Waals surface area contributed by atoms with Gasteiger partial charge in [0.15, 0.2) is 0 Å². The second-order valence-electron chi connectivity index (χ2n) is 5.13. The third kappa shape index (κ3) is 3.57. The topological polar surface area (TPSA) is 63.3 Å². The molecule has 3 N–H and O–H groups in total. The van der Waals surface area contributed by atoms with Crippen LogP contribution in [0.2, 0.25) is 0 Å². The van der Waals surface area contributed by atoms with E-state index in [4.69, 9.17) is 10.8 Å². The lowest BCUT2D eigenvalue weighted by molar-refractivity contribution is -0.142. The zero-order chi connectivity index (χ0) is 13.7. The summed E-state index contributed by atoms with van der Waals surface area (Å²) in [4.78, 5) is 11.0. The van der Waals surface area contributed by atoms with Gasteiger partial charge in [-0.1, -0.05) is 38.1 Å². The average Bonchev–Trinajstić information content (AvgIpc) is 2.35. The molecule has 1 aromatic carbocycles. The number of hydrogen-bond donors (Lipinski definition) is 2. The molecule has 0 aliphatic carbocycles. The van der Waals surface area contributed by atoms with E-state index in [1.807, 2.05) is 12.1 Å². The van der Waals surface area contributed by atoms with Crippen molar-refractivity contribution in [2.24, 2.45) is 17.6 Å². The lowest BCUT2D eigenvalue weighted by Gasteiger charge is -2.24. The SMILES string of the molecule is Cc1ccccc1C(C)C(C)CC(CN)C(=O)O. The second kappa shape index (κ2) is 6.55. The van der Waals surface area contributed by atoms with Crippen LogP contribution in [0.5, 0.6) is 0 Å². The first-order valence-corrected chi connectivity index (χ1v) is 6.45. The summed E-state index contributed by atoms with van der Waals surface area (Å²) in [5.74, 6) is -0.580. The van der Waals surface area contributed by atoms with Gasteiger partial charge in [-0.05, 0) is 36.3 Å². The number of aliphatic carboxylic acids is 1. The summed E-state index contributed by atoms with van der Waals surface area (Å²) in [6, 6.07) is 8.27. The molecule has 0 fully saturated rings. The number of carbonyl (C=O) groups is 1. The van der Waals surface area contributed by atoms with Crippen LogP contribution in [0.4, 0.5) is 0 Å². The van der Waals surface area contributed by atoms with Crippen LogP contribution in [0, 0.1) is 18.8 Å². The van der Waals surface area contributed by atoms with Gasteiger partial charge in [0.2, 0.25) is 0 Å². The fourth-order valence-corrected chi connectivity index (χ4v) is 2.35. The summed E-state index contributed by atoms with van der Waals surface area (Å²) in [5, 5.41) is 9.05. The molecule has 0 bridgehead atoms. The number of nitrogens with two attached hydrogens (primary N) is 1. The molecule has 3 atom stereocenters. The average molecular weight is 249 g/mol. The summed E-state index contributed by atoms with van der Waals surface area (Å²) < 4.78 is 0. The van der Waals surface area contributed by atoms with Crippen molar-refractivity contribution in [1.82, 2.24) is 0 Å².